The Bertz CT molecular complexity index is 1110. The fourth-order valence-corrected chi connectivity index (χ4v) is 3.58. The number of allylic oxidation sites excluding steroid dienone is 1. The van der Waals surface area contributed by atoms with E-state index in [-0.39, 0.29) is 0 Å². The monoisotopic (exact) mass is 361 g/mol. The zero-order valence-electron chi connectivity index (χ0n) is 13.0. The second kappa shape index (κ2) is 6.56. The average Bonchev–Trinajstić information content (AvgIpc) is 3.28. The lowest BCUT2D eigenvalue weighted by Gasteiger charge is -1.97. The highest BCUT2D eigenvalue weighted by Gasteiger charge is 2.10. The molecule has 2 aromatic carbocycles. The predicted molar refractivity (Wildman–Crippen MR) is 104 cm³/mol. The Morgan fingerprint density at radius 2 is 1.96 bits per heavy atom. The van der Waals surface area contributed by atoms with Crippen molar-refractivity contribution < 1.29 is 0 Å². The lowest BCUT2D eigenvalue weighted by Crippen LogP contribution is -1.82. The number of aromatic nitrogens is 2. The van der Waals surface area contributed by atoms with E-state index in [9.17, 15) is 5.26 Å². The molecule has 4 rings (SSSR count). The number of thiazole rings is 1. The zero-order valence-corrected chi connectivity index (χ0v) is 14.6. The number of nitrogens with one attached hydrogen (secondary N) is 1. The molecule has 0 fully saturated rings. The van der Waals surface area contributed by atoms with Crippen molar-refractivity contribution in [3.8, 4) is 17.3 Å². The molecule has 4 aromatic rings. The van der Waals surface area contributed by atoms with Crippen LogP contribution < -0.4 is 0 Å². The minimum atomic E-state index is 0.551. The third-order valence-corrected chi connectivity index (χ3v) is 5.04. The molecule has 120 valence electrons. The summed E-state index contributed by atoms with van der Waals surface area (Å²) in [6, 6.07) is 17.8. The summed E-state index contributed by atoms with van der Waals surface area (Å²) in [5.41, 5.74) is 4.41. The average molecular weight is 362 g/mol. The molecule has 25 heavy (non-hydrogen) atoms. The van der Waals surface area contributed by atoms with Crippen molar-refractivity contribution in [1.82, 2.24) is 9.97 Å². The maximum absolute atomic E-state index is 9.59. The molecular weight excluding hydrogens is 350 g/mol. The Kier molecular flexibility index (Phi) is 4.10. The normalized spacial score (nSPS) is 11.6. The molecule has 0 aliphatic carbocycles. The van der Waals surface area contributed by atoms with Crippen LogP contribution in [-0.2, 0) is 0 Å². The predicted octanol–water partition coefficient (Wildman–Crippen LogP) is 6.01. The summed E-state index contributed by atoms with van der Waals surface area (Å²) < 4.78 is 0. The first-order chi connectivity index (χ1) is 12.2. The number of nitriles is 1. The van der Waals surface area contributed by atoms with Crippen LogP contribution in [0.4, 0.5) is 0 Å². The summed E-state index contributed by atoms with van der Waals surface area (Å²) in [6.45, 7) is 0. The van der Waals surface area contributed by atoms with E-state index < -0.39 is 0 Å². The number of hydrogen-bond donors (Lipinski definition) is 1. The van der Waals surface area contributed by atoms with E-state index in [1.54, 1.807) is 0 Å². The van der Waals surface area contributed by atoms with Gasteiger partial charge in [-0.05, 0) is 24.3 Å². The molecule has 0 aliphatic rings. The first kappa shape index (κ1) is 15.6. The summed E-state index contributed by atoms with van der Waals surface area (Å²) in [6.07, 6.45) is 3.79. The highest BCUT2D eigenvalue weighted by atomic mass is 35.5. The number of para-hydroxylation sites is 1. The van der Waals surface area contributed by atoms with E-state index in [1.807, 2.05) is 66.2 Å². The minimum absolute atomic E-state index is 0.551. The minimum Gasteiger partial charge on any atom is -0.361 e. The van der Waals surface area contributed by atoms with Crippen molar-refractivity contribution in [2.24, 2.45) is 0 Å². The van der Waals surface area contributed by atoms with Crippen LogP contribution in [0.2, 0.25) is 5.02 Å². The van der Waals surface area contributed by atoms with E-state index in [4.69, 9.17) is 11.6 Å². The summed E-state index contributed by atoms with van der Waals surface area (Å²) in [5.74, 6) is 0. The van der Waals surface area contributed by atoms with E-state index in [2.05, 4.69) is 16.0 Å². The Morgan fingerprint density at radius 1 is 1.16 bits per heavy atom. The summed E-state index contributed by atoms with van der Waals surface area (Å²) in [4.78, 5) is 7.84. The van der Waals surface area contributed by atoms with Crippen LogP contribution in [0.3, 0.4) is 0 Å². The largest absolute Gasteiger partial charge is 0.361 e. The number of rotatable bonds is 3. The molecule has 0 spiro atoms. The summed E-state index contributed by atoms with van der Waals surface area (Å²) in [5, 5.41) is 14.0. The first-order valence-corrected chi connectivity index (χ1v) is 8.90. The Balaban J connectivity index is 1.72. The van der Waals surface area contributed by atoms with Crippen molar-refractivity contribution in [3.05, 3.63) is 75.7 Å². The lowest BCUT2D eigenvalue weighted by atomic mass is 10.1. The fraction of sp³-hybridized carbons (Fsp3) is 0. The number of halogens is 1. The van der Waals surface area contributed by atoms with Crippen molar-refractivity contribution in [2.45, 2.75) is 0 Å². The number of aromatic amines is 1. The van der Waals surface area contributed by atoms with Gasteiger partial charge in [-0.1, -0.05) is 41.9 Å². The third kappa shape index (κ3) is 3.08. The molecule has 5 heteroatoms. The van der Waals surface area contributed by atoms with Gasteiger partial charge in [-0.15, -0.1) is 11.3 Å². The topological polar surface area (TPSA) is 52.5 Å². The number of fused-ring (bicyclic) bond motifs is 1. The highest BCUT2D eigenvalue weighted by Crippen LogP contribution is 2.29. The quantitative estimate of drug-likeness (QED) is 0.454. The van der Waals surface area contributed by atoms with Gasteiger partial charge in [-0.25, -0.2) is 4.98 Å². The first-order valence-electron chi connectivity index (χ1n) is 7.64. The van der Waals surface area contributed by atoms with Crippen LogP contribution in [-0.4, -0.2) is 9.97 Å². The molecule has 0 amide bonds. The van der Waals surface area contributed by atoms with Gasteiger partial charge < -0.3 is 4.98 Å². The molecule has 0 saturated carbocycles. The zero-order chi connectivity index (χ0) is 17.2. The molecule has 0 unspecified atom stereocenters. The fourth-order valence-electron chi connectivity index (χ4n) is 2.66. The summed E-state index contributed by atoms with van der Waals surface area (Å²) >= 11 is 7.39. The maximum Gasteiger partial charge on any atom is 0.134 e. The molecule has 0 saturated heterocycles. The second-order valence-electron chi connectivity index (χ2n) is 5.50. The van der Waals surface area contributed by atoms with E-state index in [0.717, 1.165) is 27.7 Å². The van der Waals surface area contributed by atoms with E-state index in [1.165, 1.54) is 11.3 Å². The van der Waals surface area contributed by atoms with Crippen LogP contribution in [0, 0.1) is 11.3 Å². The van der Waals surface area contributed by atoms with E-state index in [0.29, 0.717) is 15.6 Å². The van der Waals surface area contributed by atoms with Crippen molar-refractivity contribution in [2.75, 3.05) is 0 Å². The van der Waals surface area contributed by atoms with Gasteiger partial charge in [-0.3, -0.25) is 0 Å². The van der Waals surface area contributed by atoms with Gasteiger partial charge in [0.05, 0.1) is 11.3 Å². The number of benzene rings is 2. The number of nitrogens with zero attached hydrogens (tertiary/aromatic N) is 2. The molecule has 2 aromatic heterocycles. The van der Waals surface area contributed by atoms with Gasteiger partial charge >= 0.3 is 0 Å². The van der Waals surface area contributed by atoms with Crippen LogP contribution in [0.15, 0.2) is 60.1 Å². The molecule has 0 aliphatic heterocycles. The van der Waals surface area contributed by atoms with Gasteiger partial charge in [0.25, 0.3) is 0 Å². The molecule has 0 bridgehead atoms. The van der Waals surface area contributed by atoms with Gasteiger partial charge in [0.15, 0.2) is 0 Å². The standard InChI is InChI=1S/C20H12ClN3S/c21-16-7-5-13(6-8-16)19-12-25-20(24-19)14(10-22)9-15-11-23-18-4-2-1-3-17(15)18/h1-9,11-12,23H/b14-9+. The molecule has 0 radical (unpaired) electrons. The van der Waals surface area contributed by atoms with Crippen LogP contribution >= 0.6 is 22.9 Å². The molecule has 3 nitrogen and oxygen atoms in total. The maximum atomic E-state index is 9.59. The third-order valence-electron chi connectivity index (χ3n) is 3.92. The molecular formula is C20H12ClN3S. The van der Waals surface area contributed by atoms with Crippen molar-refractivity contribution in [1.29, 1.82) is 5.26 Å². The van der Waals surface area contributed by atoms with Crippen molar-refractivity contribution in [3.63, 3.8) is 0 Å². The van der Waals surface area contributed by atoms with Gasteiger partial charge in [0, 0.05) is 38.6 Å². The highest BCUT2D eigenvalue weighted by molar-refractivity contribution is 7.11. The lowest BCUT2D eigenvalue weighted by molar-refractivity contribution is 1.37. The summed E-state index contributed by atoms with van der Waals surface area (Å²) in [7, 11) is 0. The number of hydrogen-bond acceptors (Lipinski definition) is 3. The van der Waals surface area contributed by atoms with Crippen molar-refractivity contribution >= 4 is 45.5 Å². The van der Waals surface area contributed by atoms with Crippen LogP contribution in [0.25, 0.3) is 33.8 Å². The second-order valence-corrected chi connectivity index (χ2v) is 6.80. The number of H-pyrrole nitrogens is 1. The smallest absolute Gasteiger partial charge is 0.134 e. The van der Waals surface area contributed by atoms with Gasteiger partial charge in [0.1, 0.15) is 11.1 Å². The SMILES string of the molecule is N#C/C(=C\c1c[nH]c2ccccc12)c1nc(-c2ccc(Cl)cc2)cs1. The van der Waals surface area contributed by atoms with Gasteiger partial charge in [0.2, 0.25) is 0 Å². The molecule has 1 N–H and O–H groups in total. The molecule has 0 atom stereocenters. The van der Waals surface area contributed by atoms with Crippen LogP contribution in [0.5, 0.6) is 0 Å². The van der Waals surface area contributed by atoms with E-state index >= 15 is 0 Å². The van der Waals surface area contributed by atoms with Crippen LogP contribution in [0.1, 0.15) is 10.6 Å². The molecule has 2 heterocycles. The van der Waals surface area contributed by atoms with Gasteiger partial charge in [-0.2, -0.15) is 5.26 Å². The Hall–Kier alpha value is -2.87. The Morgan fingerprint density at radius 3 is 2.76 bits per heavy atom. The Labute approximate surface area is 153 Å².